The molecule has 0 bridgehead atoms. The number of carbonyl (C=O) groups excluding carboxylic acids is 1. The van der Waals surface area contributed by atoms with Crippen LogP contribution in [0.3, 0.4) is 0 Å². The fourth-order valence-electron chi connectivity index (χ4n) is 4.03. The van der Waals surface area contributed by atoms with Gasteiger partial charge in [-0.1, -0.05) is 37.5 Å². The van der Waals surface area contributed by atoms with Crippen LogP contribution in [0.2, 0.25) is 0 Å². The zero-order valence-corrected chi connectivity index (χ0v) is 16.6. The van der Waals surface area contributed by atoms with Crippen LogP contribution in [0, 0.1) is 0 Å². The fourth-order valence-corrected chi connectivity index (χ4v) is 4.03. The van der Waals surface area contributed by atoms with Crippen LogP contribution in [0.15, 0.2) is 34.9 Å². The Labute approximate surface area is 169 Å². The molecule has 1 aliphatic carbocycles. The number of fused-ring (bicyclic) bond motifs is 1. The maximum Gasteiger partial charge on any atom is 0.220 e. The fraction of sp³-hybridized carbons (Fsp3) is 0.500. The third-order valence-electron chi connectivity index (χ3n) is 5.76. The van der Waals surface area contributed by atoms with Gasteiger partial charge in [-0.05, 0) is 30.9 Å². The number of nitrogens with one attached hydrogen (secondary N) is 2. The molecule has 0 atom stereocenters. The first-order valence-electron chi connectivity index (χ1n) is 10.5. The highest BCUT2D eigenvalue weighted by atomic mass is 16.4. The summed E-state index contributed by atoms with van der Waals surface area (Å²) < 4.78 is 5.70. The summed E-state index contributed by atoms with van der Waals surface area (Å²) in [5.41, 5.74) is 1.60. The Morgan fingerprint density at radius 1 is 1.10 bits per heavy atom. The number of nitrogens with zero attached hydrogens (tertiary/aromatic N) is 2. The third kappa shape index (κ3) is 5.03. The minimum absolute atomic E-state index is 0.0949. The molecule has 0 saturated heterocycles. The lowest BCUT2D eigenvalue weighted by molar-refractivity contribution is -0.122. The number of para-hydroxylation sites is 1. The summed E-state index contributed by atoms with van der Waals surface area (Å²) in [6.45, 7) is 0.325. The summed E-state index contributed by atoms with van der Waals surface area (Å²) in [7, 11) is 0. The van der Waals surface area contributed by atoms with Gasteiger partial charge >= 0.3 is 0 Å². The van der Waals surface area contributed by atoms with Gasteiger partial charge in [-0.15, -0.1) is 10.2 Å². The van der Waals surface area contributed by atoms with Gasteiger partial charge in [0.05, 0.1) is 5.60 Å². The minimum Gasteiger partial charge on any atom is -0.425 e. The molecule has 1 aliphatic rings. The van der Waals surface area contributed by atoms with E-state index in [1.165, 1.54) is 10.9 Å². The molecule has 7 heteroatoms. The Bertz CT molecular complexity index is 956. The molecule has 7 nitrogen and oxygen atoms in total. The summed E-state index contributed by atoms with van der Waals surface area (Å²) in [6, 6.07) is 8.20. The van der Waals surface area contributed by atoms with E-state index in [1.807, 2.05) is 18.3 Å². The second-order valence-corrected chi connectivity index (χ2v) is 8.01. The molecule has 3 N–H and O–H groups in total. The van der Waals surface area contributed by atoms with E-state index in [0.29, 0.717) is 31.2 Å². The molecule has 0 unspecified atom stereocenters. The van der Waals surface area contributed by atoms with Gasteiger partial charge in [0, 0.05) is 42.9 Å². The van der Waals surface area contributed by atoms with Gasteiger partial charge in [0.1, 0.15) is 0 Å². The van der Waals surface area contributed by atoms with E-state index >= 15 is 0 Å². The number of aromatic nitrogens is 3. The largest absolute Gasteiger partial charge is 0.425 e. The summed E-state index contributed by atoms with van der Waals surface area (Å²) in [5, 5.41) is 22.7. The molecule has 4 rings (SSSR count). The number of H-pyrrole nitrogens is 1. The first-order chi connectivity index (χ1) is 14.1. The van der Waals surface area contributed by atoms with Crippen LogP contribution in [0.5, 0.6) is 0 Å². The molecule has 1 saturated carbocycles. The van der Waals surface area contributed by atoms with E-state index in [4.69, 9.17) is 4.42 Å². The van der Waals surface area contributed by atoms with Gasteiger partial charge in [0.25, 0.3) is 0 Å². The Kier molecular flexibility index (Phi) is 5.94. The molecule has 2 aromatic heterocycles. The summed E-state index contributed by atoms with van der Waals surface area (Å²) in [6.07, 6.45) is 8.91. The van der Waals surface area contributed by atoms with E-state index < -0.39 is 5.60 Å². The van der Waals surface area contributed by atoms with Gasteiger partial charge in [0.15, 0.2) is 0 Å². The predicted octanol–water partition coefficient (Wildman–Crippen LogP) is 3.08. The van der Waals surface area contributed by atoms with E-state index in [0.717, 1.165) is 44.0 Å². The lowest BCUT2D eigenvalue weighted by Crippen LogP contribution is -2.44. The smallest absolute Gasteiger partial charge is 0.220 e. The lowest BCUT2D eigenvalue weighted by atomic mass is 9.85. The standard InChI is InChI=1S/C22H28N4O3/c27-19(24-15-22(28)12-4-1-5-13-22)9-11-21-26-25-20(29-21)10-8-16-14-23-18-7-3-2-6-17(16)18/h2-3,6-7,14,23,28H,1,4-5,8-13,15H2,(H,24,27). The van der Waals surface area contributed by atoms with Crippen molar-refractivity contribution < 1.29 is 14.3 Å². The lowest BCUT2D eigenvalue weighted by Gasteiger charge is -2.32. The van der Waals surface area contributed by atoms with Crippen LogP contribution in [0.25, 0.3) is 10.9 Å². The predicted molar refractivity (Wildman–Crippen MR) is 109 cm³/mol. The van der Waals surface area contributed by atoms with E-state index in [2.05, 4.69) is 32.6 Å². The highest BCUT2D eigenvalue weighted by molar-refractivity contribution is 5.83. The number of aryl methyl sites for hydroxylation is 3. The maximum atomic E-state index is 12.1. The number of hydrogen-bond donors (Lipinski definition) is 3. The van der Waals surface area contributed by atoms with Crippen molar-refractivity contribution in [1.29, 1.82) is 0 Å². The Balaban J connectivity index is 1.22. The van der Waals surface area contributed by atoms with Crippen LogP contribution < -0.4 is 5.32 Å². The molecule has 1 fully saturated rings. The van der Waals surface area contributed by atoms with Crippen molar-refractivity contribution in [2.75, 3.05) is 6.54 Å². The molecular formula is C22H28N4O3. The molecule has 0 spiro atoms. The molecule has 154 valence electrons. The van der Waals surface area contributed by atoms with Gasteiger partial charge in [-0.2, -0.15) is 0 Å². The molecule has 1 aromatic carbocycles. The highest BCUT2D eigenvalue weighted by Crippen LogP contribution is 2.27. The Hall–Kier alpha value is -2.67. The van der Waals surface area contributed by atoms with Crippen molar-refractivity contribution >= 4 is 16.8 Å². The Morgan fingerprint density at radius 3 is 2.69 bits per heavy atom. The van der Waals surface area contributed by atoms with Gasteiger partial charge < -0.3 is 19.8 Å². The summed E-state index contributed by atoms with van der Waals surface area (Å²) in [4.78, 5) is 15.4. The number of benzene rings is 1. The van der Waals surface area contributed by atoms with Crippen molar-refractivity contribution in [3.05, 3.63) is 47.8 Å². The van der Waals surface area contributed by atoms with E-state index in [1.54, 1.807) is 0 Å². The van der Waals surface area contributed by atoms with Crippen molar-refractivity contribution in [1.82, 2.24) is 20.5 Å². The molecule has 29 heavy (non-hydrogen) atoms. The quantitative estimate of drug-likeness (QED) is 0.543. The van der Waals surface area contributed by atoms with Crippen molar-refractivity contribution in [2.24, 2.45) is 0 Å². The van der Waals surface area contributed by atoms with Gasteiger partial charge in [-0.25, -0.2) is 0 Å². The average molecular weight is 396 g/mol. The van der Waals surface area contributed by atoms with Gasteiger partial charge in [-0.3, -0.25) is 4.79 Å². The number of aromatic amines is 1. The normalized spacial score (nSPS) is 16.2. The van der Waals surface area contributed by atoms with Crippen LogP contribution in [0.1, 0.15) is 55.9 Å². The number of aliphatic hydroxyl groups is 1. The first-order valence-corrected chi connectivity index (χ1v) is 10.5. The molecule has 3 aromatic rings. The zero-order valence-electron chi connectivity index (χ0n) is 16.6. The Morgan fingerprint density at radius 2 is 1.86 bits per heavy atom. The number of carbonyl (C=O) groups is 1. The first kappa shape index (κ1) is 19.6. The van der Waals surface area contributed by atoms with Crippen LogP contribution in [-0.2, 0) is 24.1 Å². The topological polar surface area (TPSA) is 104 Å². The zero-order chi connectivity index (χ0) is 20.1. The molecule has 1 amide bonds. The summed E-state index contributed by atoms with van der Waals surface area (Å²) >= 11 is 0. The molecule has 0 aliphatic heterocycles. The minimum atomic E-state index is -0.742. The van der Waals surface area contributed by atoms with Gasteiger partial charge in [0.2, 0.25) is 17.7 Å². The molecule has 2 heterocycles. The monoisotopic (exact) mass is 396 g/mol. The third-order valence-corrected chi connectivity index (χ3v) is 5.76. The van der Waals surface area contributed by atoms with Crippen molar-refractivity contribution in [3.63, 3.8) is 0 Å². The van der Waals surface area contributed by atoms with Crippen molar-refractivity contribution in [2.45, 2.75) is 63.4 Å². The number of rotatable bonds is 8. The second kappa shape index (κ2) is 8.78. The van der Waals surface area contributed by atoms with E-state index in [9.17, 15) is 9.90 Å². The second-order valence-electron chi connectivity index (χ2n) is 8.01. The highest BCUT2D eigenvalue weighted by Gasteiger charge is 2.29. The van der Waals surface area contributed by atoms with Crippen molar-refractivity contribution in [3.8, 4) is 0 Å². The van der Waals surface area contributed by atoms with E-state index in [-0.39, 0.29) is 12.3 Å². The average Bonchev–Trinajstić information content (AvgIpc) is 3.36. The maximum absolute atomic E-state index is 12.1. The van der Waals surface area contributed by atoms with Crippen LogP contribution in [0.4, 0.5) is 0 Å². The van der Waals surface area contributed by atoms with Crippen LogP contribution >= 0.6 is 0 Å². The number of amides is 1. The SMILES string of the molecule is O=C(CCc1nnc(CCc2c[nH]c3ccccc23)o1)NCC1(O)CCCCC1. The van der Waals surface area contributed by atoms with Crippen LogP contribution in [-0.4, -0.2) is 38.3 Å². The molecule has 0 radical (unpaired) electrons. The number of hydrogen-bond acceptors (Lipinski definition) is 5. The molecular weight excluding hydrogens is 368 g/mol. The summed E-state index contributed by atoms with van der Waals surface area (Å²) in [5.74, 6) is 0.968.